The van der Waals surface area contributed by atoms with Crippen LogP contribution in [0.4, 0.5) is 0 Å². The average molecular weight is 340 g/mol. The minimum absolute atomic E-state index is 0.294. The first-order valence-electron chi connectivity index (χ1n) is 7.01. The van der Waals surface area contributed by atoms with Gasteiger partial charge in [-0.05, 0) is 24.4 Å². The summed E-state index contributed by atoms with van der Waals surface area (Å²) < 4.78 is 0. The Morgan fingerprint density at radius 3 is 2.74 bits per heavy atom. The number of para-hydroxylation sites is 1. The molecule has 4 nitrogen and oxygen atoms in total. The zero-order chi connectivity index (χ0) is 16.0. The van der Waals surface area contributed by atoms with Crippen LogP contribution in [0.2, 0.25) is 0 Å². The van der Waals surface area contributed by atoms with Crippen molar-refractivity contribution in [2.45, 2.75) is 6.92 Å². The summed E-state index contributed by atoms with van der Waals surface area (Å²) in [5.74, 6) is -0.927. The van der Waals surface area contributed by atoms with Crippen molar-refractivity contribution in [1.82, 2.24) is 9.97 Å². The maximum atomic E-state index is 11.3. The number of nitrogens with one attached hydrogen (secondary N) is 1. The van der Waals surface area contributed by atoms with E-state index in [1.54, 1.807) is 18.3 Å². The normalized spacial score (nSPS) is 11.2. The van der Waals surface area contributed by atoms with E-state index >= 15 is 0 Å². The molecule has 0 amide bonds. The van der Waals surface area contributed by atoms with Gasteiger partial charge in [0, 0.05) is 16.5 Å². The molecule has 23 heavy (non-hydrogen) atoms. The van der Waals surface area contributed by atoms with E-state index in [1.165, 1.54) is 11.3 Å². The molecule has 0 saturated carbocycles. The molecule has 0 aliphatic rings. The molecule has 2 N–H and O–H groups in total. The topological polar surface area (TPSA) is 66.0 Å². The number of aromatic carboxylic acids is 1. The van der Waals surface area contributed by atoms with Gasteiger partial charge in [-0.1, -0.05) is 24.3 Å². The van der Waals surface area contributed by atoms with Crippen molar-refractivity contribution in [1.29, 1.82) is 0 Å². The first-order chi connectivity index (χ1) is 11.1. The van der Waals surface area contributed by atoms with E-state index in [9.17, 15) is 9.90 Å². The van der Waals surface area contributed by atoms with Crippen LogP contribution in [0, 0.1) is 6.92 Å². The highest BCUT2D eigenvalue weighted by molar-refractivity contribution is 7.17. The third-order valence-corrected chi connectivity index (χ3v) is 5.73. The Kier molecular flexibility index (Phi) is 3.28. The fraction of sp³-hybridized carbons (Fsp3) is 0.0588. The van der Waals surface area contributed by atoms with Gasteiger partial charge in [0.15, 0.2) is 0 Å². The smallest absolute Gasteiger partial charge is 0.347 e. The number of fused-ring (bicyclic) bond motifs is 1. The first kappa shape index (κ1) is 14.2. The molecule has 0 atom stereocenters. The van der Waals surface area contributed by atoms with Crippen LogP contribution in [-0.4, -0.2) is 21.0 Å². The number of benzene rings is 1. The summed E-state index contributed by atoms with van der Waals surface area (Å²) >= 11 is 2.87. The van der Waals surface area contributed by atoms with Crippen LogP contribution >= 0.6 is 22.7 Å². The van der Waals surface area contributed by atoms with Crippen molar-refractivity contribution in [3.63, 3.8) is 0 Å². The SMILES string of the molecule is Cc1nc(-c2c(-c3cccs3)[nH]c3ccccc23)sc1C(=O)O. The van der Waals surface area contributed by atoms with Crippen molar-refractivity contribution in [2.24, 2.45) is 0 Å². The van der Waals surface area contributed by atoms with Crippen LogP contribution in [0.15, 0.2) is 41.8 Å². The highest BCUT2D eigenvalue weighted by Crippen LogP contribution is 2.41. The van der Waals surface area contributed by atoms with E-state index in [4.69, 9.17) is 0 Å². The minimum Gasteiger partial charge on any atom is -0.477 e. The van der Waals surface area contributed by atoms with Gasteiger partial charge in [-0.3, -0.25) is 0 Å². The van der Waals surface area contributed by atoms with Gasteiger partial charge in [-0.2, -0.15) is 0 Å². The van der Waals surface area contributed by atoms with Gasteiger partial charge in [0.2, 0.25) is 0 Å². The molecule has 0 aliphatic carbocycles. The number of hydrogen-bond acceptors (Lipinski definition) is 4. The molecule has 1 aromatic carbocycles. The second-order valence-corrected chi connectivity index (χ2v) is 7.08. The number of rotatable bonds is 3. The predicted octanol–water partition coefficient (Wildman–Crippen LogP) is 5.03. The Morgan fingerprint density at radius 1 is 1.22 bits per heavy atom. The van der Waals surface area contributed by atoms with E-state index < -0.39 is 5.97 Å². The number of aryl methyl sites for hydroxylation is 1. The van der Waals surface area contributed by atoms with Crippen molar-refractivity contribution in [3.8, 4) is 21.1 Å². The molecule has 0 saturated heterocycles. The number of carboxylic acids is 1. The van der Waals surface area contributed by atoms with E-state index in [1.807, 2.05) is 35.7 Å². The number of hydrogen-bond donors (Lipinski definition) is 2. The van der Waals surface area contributed by atoms with Gasteiger partial charge >= 0.3 is 5.97 Å². The molecule has 3 heterocycles. The molecular formula is C17H12N2O2S2. The molecule has 0 fully saturated rings. The Bertz CT molecular complexity index is 1010. The maximum Gasteiger partial charge on any atom is 0.347 e. The number of thiophene rings is 1. The summed E-state index contributed by atoms with van der Waals surface area (Å²) in [5.41, 5.74) is 3.55. The summed E-state index contributed by atoms with van der Waals surface area (Å²) in [4.78, 5) is 20.7. The summed E-state index contributed by atoms with van der Waals surface area (Å²) in [6, 6.07) is 12.1. The lowest BCUT2D eigenvalue weighted by Crippen LogP contribution is -1.94. The van der Waals surface area contributed by atoms with Crippen LogP contribution in [0.25, 0.3) is 32.0 Å². The average Bonchev–Trinajstić information content (AvgIpc) is 3.23. The van der Waals surface area contributed by atoms with Crippen LogP contribution in [-0.2, 0) is 0 Å². The molecule has 0 spiro atoms. The number of aromatic nitrogens is 2. The lowest BCUT2D eigenvalue weighted by atomic mass is 10.1. The lowest BCUT2D eigenvalue weighted by molar-refractivity contribution is 0.0701. The summed E-state index contributed by atoms with van der Waals surface area (Å²) in [5, 5.41) is 13.1. The Labute approximate surface area is 140 Å². The van der Waals surface area contributed by atoms with Crippen molar-refractivity contribution >= 4 is 39.5 Å². The van der Waals surface area contributed by atoms with Gasteiger partial charge in [0.05, 0.1) is 16.3 Å². The van der Waals surface area contributed by atoms with E-state index in [0.29, 0.717) is 10.6 Å². The van der Waals surface area contributed by atoms with E-state index in [0.717, 1.165) is 32.0 Å². The molecule has 4 aromatic rings. The van der Waals surface area contributed by atoms with Gasteiger partial charge in [-0.25, -0.2) is 9.78 Å². The van der Waals surface area contributed by atoms with Gasteiger partial charge in [-0.15, -0.1) is 22.7 Å². The monoisotopic (exact) mass is 340 g/mol. The number of carbonyl (C=O) groups is 1. The van der Waals surface area contributed by atoms with E-state index in [-0.39, 0.29) is 0 Å². The summed E-state index contributed by atoms with van der Waals surface area (Å²) in [6.45, 7) is 1.74. The second kappa shape index (κ2) is 5.33. The van der Waals surface area contributed by atoms with Gasteiger partial charge < -0.3 is 10.1 Å². The number of aromatic amines is 1. The fourth-order valence-corrected chi connectivity index (χ4v) is 4.37. The number of thiazole rings is 1. The van der Waals surface area contributed by atoms with Crippen molar-refractivity contribution < 1.29 is 9.90 Å². The highest BCUT2D eigenvalue weighted by atomic mass is 32.1. The Balaban J connectivity index is 2.03. The molecule has 114 valence electrons. The number of carboxylic acid groups (broad SMARTS) is 1. The third-order valence-electron chi connectivity index (χ3n) is 3.68. The molecule has 0 radical (unpaired) electrons. The van der Waals surface area contributed by atoms with Crippen molar-refractivity contribution in [3.05, 3.63) is 52.3 Å². The maximum absolute atomic E-state index is 11.3. The van der Waals surface area contributed by atoms with Gasteiger partial charge in [0.25, 0.3) is 0 Å². The van der Waals surface area contributed by atoms with Crippen LogP contribution in [0.5, 0.6) is 0 Å². The molecular weight excluding hydrogens is 328 g/mol. The number of H-pyrrole nitrogens is 1. The molecule has 0 aliphatic heterocycles. The Morgan fingerprint density at radius 2 is 2.04 bits per heavy atom. The first-order valence-corrected chi connectivity index (χ1v) is 8.70. The predicted molar refractivity (Wildman–Crippen MR) is 94.4 cm³/mol. The number of nitrogens with zero attached hydrogens (tertiary/aromatic N) is 1. The van der Waals surface area contributed by atoms with Crippen molar-refractivity contribution in [2.75, 3.05) is 0 Å². The summed E-state index contributed by atoms with van der Waals surface area (Å²) in [6.07, 6.45) is 0. The molecule has 0 bridgehead atoms. The largest absolute Gasteiger partial charge is 0.477 e. The zero-order valence-electron chi connectivity index (χ0n) is 12.2. The fourth-order valence-electron chi connectivity index (χ4n) is 2.67. The minimum atomic E-state index is -0.927. The molecule has 4 rings (SSSR count). The van der Waals surface area contributed by atoms with Crippen LogP contribution in [0.3, 0.4) is 0 Å². The van der Waals surface area contributed by atoms with Crippen LogP contribution < -0.4 is 0 Å². The van der Waals surface area contributed by atoms with E-state index in [2.05, 4.69) is 16.0 Å². The quantitative estimate of drug-likeness (QED) is 0.550. The lowest BCUT2D eigenvalue weighted by Gasteiger charge is -1.99. The highest BCUT2D eigenvalue weighted by Gasteiger charge is 2.21. The van der Waals surface area contributed by atoms with Gasteiger partial charge in [0.1, 0.15) is 9.88 Å². The molecule has 6 heteroatoms. The second-order valence-electron chi connectivity index (χ2n) is 5.14. The molecule has 0 unspecified atom stereocenters. The Hall–Kier alpha value is -2.44. The standard InChI is InChI=1S/C17H12N2O2S2/c1-9-15(17(20)21)23-16(18-9)13-10-5-2-3-6-11(10)19-14(13)12-7-4-8-22-12/h2-8,19H,1H3,(H,20,21). The third kappa shape index (κ3) is 2.27. The zero-order valence-corrected chi connectivity index (χ0v) is 13.8. The molecule has 3 aromatic heterocycles. The van der Waals surface area contributed by atoms with Crippen LogP contribution in [0.1, 0.15) is 15.4 Å². The summed E-state index contributed by atoms with van der Waals surface area (Å²) in [7, 11) is 0.